The summed E-state index contributed by atoms with van der Waals surface area (Å²) in [6.07, 6.45) is 1.99. The Morgan fingerprint density at radius 2 is 2.29 bits per heavy atom. The summed E-state index contributed by atoms with van der Waals surface area (Å²) < 4.78 is 5.18. The van der Waals surface area contributed by atoms with Crippen molar-refractivity contribution < 1.29 is 14.3 Å². The summed E-state index contributed by atoms with van der Waals surface area (Å²) in [7, 11) is 0. The third-order valence-corrected chi connectivity index (χ3v) is 2.15. The second kappa shape index (κ2) is 4.26. The first-order valence-electron chi connectivity index (χ1n) is 4.76. The van der Waals surface area contributed by atoms with Crippen molar-refractivity contribution in [3.63, 3.8) is 0 Å². The third-order valence-electron chi connectivity index (χ3n) is 2.15. The van der Waals surface area contributed by atoms with Crippen LogP contribution in [0.15, 0.2) is 4.42 Å². The molecule has 1 rings (SSSR count). The van der Waals surface area contributed by atoms with E-state index in [0.29, 0.717) is 11.6 Å². The summed E-state index contributed by atoms with van der Waals surface area (Å²) >= 11 is 0. The lowest BCUT2D eigenvalue weighted by atomic mass is 10.1. The van der Waals surface area contributed by atoms with Gasteiger partial charge in [-0.15, -0.1) is 0 Å². The van der Waals surface area contributed by atoms with Crippen molar-refractivity contribution >= 4 is 5.97 Å². The molecule has 0 aliphatic rings. The molecule has 0 aromatic carbocycles. The molecule has 0 saturated heterocycles. The van der Waals surface area contributed by atoms with Crippen molar-refractivity contribution in [1.29, 1.82) is 0 Å². The standard InChI is InChI=1S/C10H15NO3/c1-4-5-6(2)9-11-7(3)8(14-9)10(12)13/h6H,4-5H2,1-3H3,(H,12,13). The molecule has 1 N–H and O–H groups in total. The second-order valence-corrected chi connectivity index (χ2v) is 3.46. The lowest BCUT2D eigenvalue weighted by Gasteiger charge is -2.03. The fraction of sp³-hybridized carbons (Fsp3) is 0.600. The van der Waals surface area contributed by atoms with Crippen LogP contribution in [0.5, 0.6) is 0 Å². The summed E-state index contributed by atoms with van der Waals surface area (Å²) in [5.74, 6) is -0.374. The van der Waals surface area contributed by atoms with Crippen LogP contribution in [0.3, 0.4) is 0 Å². The summed E-state index contributed by atoms with van der Waals surface area (Å²) in [5.41, 5.74) is 0.454. The Bertz CT molecular complexity index is 330. The van der Waals surface area contributed by atoms with Crippen LogP contribution < -0.4 is 0 Å². The monoisotopic (exact) mass is 197 g/mol. The number of carboxylic acids is 1. The van der Waals surface area contributed by atoms with E-state index in [4.69, 9.17) is 9.52 Å². The molecule has 0 bridgehead atoms. The number of rotatable bonds is 4. The van der Waals surface area contributed by atoms with Gasteiger partial charge in [-0.1, -0.05) is 20.3 Å². The van der Waals surface area contributed by atoms with Gasteiger partial charge in [-0.3, -0.25) is 0 Å². The van der Waals surface area contributed by atoms with Crippen molar-refractivity contribution in [3.05, 3.63) is 17.3 Å². The number of hydrogen-bond acceptors (Lipinski definition) is 3. The number of nitrogens with zero attached hydrogens (tertiary/aromatic N) is 1. The van der Waals surface area contributed by atoms with Gasteiger partial charge in [0.15, 0.2) is 5.89 Å². The lowest BCUT2D eigenvalue weighted by Crippen LogP contribution is -1.95. The number of hydrogen-bond donors (Lipinski definition) is 1. The molecule has 0 aliphatic carbocycles. The van der Waals surface area contributed by atoms with Crippen LogP contribution in [0.2, 0.25) is 0 Å². The second-order valence-electron chi connectivity index (χ2n) is 3.46. The molecule has 0 amide bonds. The van der Waals surface area contributed by atoms with E-state index in [9.17, 15) is 4.79 Å². The quantitative estimate of drug-likeness (QED) is 0.805. The highest BCUT2D eigenvalue weighted by molar-refractivity contribution is 5.85. The maximum Gasteiger partial charge on any atom is 0.373 e. The number of carboxylic acid groups (broad SMARTS) is 1. The smallest absolute Gasteiger partial charge is 0.373 e. The average molecular weight is 197 g/mol. The Balaban J connectivity index is 2.90. The maximum absolute atomic E-state index is 10.7. The van der Waals surface area contributed by atoms with Crippen molar-refractivity contribution in [2.24, 2.45) is 0 Å². The SMILES string of the molecule is CCCC(C)c1nc(C)c(C(=O)O)o1. The van der Waals surface area contributed by atoms with Gasteiger partial charge in [0.05, 0.1) is 5.69 Å². The number of aryl methyl sites for hydroxylation is 1. The largest absolute Gasteiger partial charge is 0.475 e. The van der Waals surface area contributed by atoms with Crippen molar-refractivity contribution in [2.45, 2.75) is 39.5 Å². The summed E-state index contributed by atoms with van der Waals surface area (Å²) in [6, 6.07) is 0. The van der Waals surface area contributed by atoms with Crippen LogP contribution in [0, 0.1) is 6.92 Å². The fourth-order valence-corrected chi connectivity index (χ4v) is 1.38. The Labute approximate surface area is 83.0 Å². The molecule has 1 aromatic heterocycles. The predicted molar refractivity (Wildman–Crippen MR) is 51.5 cm³/mol. The molecule has 4 heteroatoms. The van der Waals surface area contributed by atoms with Gasteiger partial charge in [-0.25, -0.2) is 9.78 Å². The van der Waals surface area contributed by atoms with E-state index in [1.165, 1.54) is 0 Å². The van der Waals surface area contributed by atoms with Crippen LogP contribution in [-0.4, -0.2) is 16.1 Å². The zero-order chi connectivity index (χ0) is 10.7. The van der Waals surface area contributed by atoms with Crippen molar-refractivity contribution in [3.8, 4) is 0 Å². The summed E-state index contributed by atoms with van der Waals surface area (Å²) in [6.45, 7) is 5.71. The van der Waals surface area contributed by atoms with Gasteiger partial charge >= 0.3 is 5.97 Å². The van der Waals surface area contributed by atoms with Crippen LogP contribution >= 0.6 is 0 Å². The lowest BCUT2D eigenvalue weighted by molar-refractivity contribution is 0.0658. The number of carbonyl (C=O) groups is 1. The van der Waals surface area contributed by atoms with Gasteiger partial charge in [0, 0.05) is 5.92 Å². The van der Waals surface area contributed by atoms with Crippen molar-refractivity contribution in [1.82, 2.24) is 4.98 Å². The Morgan fingerprint density at radius 3 is 2.71 bits per heavy atom. The van der Waals surface area contributed by atoms with Crippen LogP contribution in [0.25, 0.3) is 0 Å². The number of oxazole rings is 1. The van der Waals surface area contributed by atoms with Gasteiger partial charge in [0.1, 0.15) is 0 Å². The molecular weight excluding hydrogens is 182 g/mol. The number of aromatic carboxylic acids is 1. The van der Waals surface area contributed by atoms with Crippen LogP contribution in [0.1, 0.15) is 54.7 Å². The van der Waals surface area contributed by atoms with Gasteiger partial charge in [-0.05, 0) is 13.3 Å². The molecule has 0 aliphatic heterocycles. The molecule has 1 unspecified atom stereocenters. The molecule has 0 saturated carbocycles. The van der Waals surface area contributed by atoms with E-state index in [0.717, 1.165) is 12.8 Å². The molecule has 1 atom stereocenters. The molecule has 14 heavy (non-hydrogen) atoms. The maximum atomic E-state index is 10.7. The Kier molecular flexibility index (Phi) is 3.28. The zero-order valence-electron chi connectivity index (χ0n) is 8.70. The normalized spacial score (nSPS) is 12.8. The van der Waals surface area contributed by atoms with E-state index < -0.39 is 5.97 Å². The van der Waals surface area contributed by atoms with E-state index >= 15 is 0 Å². The zero-order valence-corrected chi connectivity index (χ0v) is 8.70. The summed E-state index contributed by atoms with van der Waals surface area (Å²) in [4.78, 5) is 14.8. The first-order valence-corrected chi connectivity index (χ1v) is 4.76. The number of aromatic nitrogens is 1. The minimum Gasteiger partial charge on any atom is -0.475 e. The molecule has 0 radical (unpaired) electrons. The highest BCUT2D eigenvalue weighted by Gasteiger charge is 2.19. The topological polar surface area (TPSA) is 63.3 Å². The first-order chi connectivity index (χ1) is 6.56. The minimum atomic E-state index is -1.05. The van der Waals surface area contributed by atoms with E-state index in [-0.39, 0.29) is 11.7 Å². The Hall–Kier alpha value is -1.32. The molecule has 4 nitrogen and oxygen atoms in total. The third kappa shape index (κ3) is 2.13. The molecule has 1 heterocycles. The van der Waals surface area contributed by atoms with Gasteiger partial charge in [0.25, 0.3) is 0 Å². The fourth-order valence-electron chi connectivity index (χ4n) is 1.38. The van der Waals surface area contributed by atoms with Gasteiger partial charge in [-0.2, -0.15) is 0 Å². The highest BCUT2D eigenvalue weighted by atomic mass is 16.4. The molecular formula is C10H15NO3. The van der Waals surface area contributed by atoms with Crippen LogP contribution in [-0.2, 0) is 0 Å². The Morgan fingerprint density at radius 1 is 1.64 bits per heavy atom. The van der Waals surface area contributed by atoms with Gasteiger partial charge < -0.3 is 9.52 Å². The van der Waals surface area contributed by atoms with E-state index in [1.54, 1.807) is 6.92 Å². The van der Waals surface area contributed by atoms with Gasteiger partial charge in [0.2, 0.25) is 5.76 Å². The molecule has 0 spiro atoms. The average Bonchev–Trinajstić information content (AvgIpc) is 2.48. The molecule has 1 aromatic rings. The molecule has 78 valence electrons. The van der Waals surface area contributed by atoms with E-state index in [1.807, 2.05) is 6.92 Å². The predicted octanol–water partition coefficient (Wildman–Crippen LogP) is 2.58. The highest BCUT2D eigenvalue weighted by Crippen LogP contribution is 2.22. The minimum absolute atomic E-state index is 0.0389. The van der Waals surface area contributed by atoms with E-state index in [2.05, 4.69) is 11.9 Å². The van der Waals surface area contributed by atoms with Crippen molar-refractivity contribution in [2.75, 3.05) is 0 Å². The summed E-state index contributed by atoms with van der Waals surface area (Å²) in [5, 5.41) is 8.76. The first kappa shape index (κ1) is 10.8. The van der Waals surface area contributed by atoms with Crippen LogP contribution in [0.4, 0.5) is 0 Å². The molecule has 0 fully saturated rings.